The van der Waals surface area contributed by atoms with Gasteiger partial charge in [-0.2, -0.15) is 5.26 Å². The third-order valence-corrected chi connectivity index (χ3v) is 7.02. The molecule has 0 bridgehead atoms. The van der Waals surface area contributed by atoms with Gasteiger partial charge in [-0.1, -0.05) is 12.1 Å². The number of pyridine rings is 1. The van der Waals surface area contributed by atoms with Gasteiger partial charge in [0.05, 0.1) is 23.5 Å². The summed E-state index contributed by atoms with van der Waals surface area (Å²) >= 11 is 0. The van der Waals surface area contributed by atoms with Crippen LogP contribution in [0.3, 0.4) is 0 Å². The van der Waals surface area contributed by atoms with Gasteiger partial charge in [-0.05, 0) is 60.9 Å². The Balaban J connectivity index is 1.13. The smallest absolute Gasteiger partial charge is 0.328 e. The highest BCUT2D eigenvalue weighted by Crippen LogP contribution is 2.36. The fraction of sp³-hybridized carbons (Fsp3) is 0.214. The van der Waals surface area contributed by atoms with Crippen molar-refractivity contribution in [1.29, 1.82) is 5.26 Å². The van der Waals surface area contributed by atoms with Crippen LogP contribution in [0.4, 0.5) is 10.5 Å². The van der Waals surface area contributed by atoms with E-state index in [4.69, 9.17) is 14.7 Å². The molecule has 1 aromatic heterocycles. The first-order chi connectivity index (χ1) is 19.0. The standard InChI is InChI=1S/C28H22N6O5/c29-14-17-2-4-18(5-3-17)22-16-38-24(31-22)19-6-9-21(10-7-19)39-23-11-8-20(15-30-23)34-13-1-12-28(34)25(35)32-27(37)33-26(28)36/h2-11,15,22H,1,12-13,16H2,(H2,32,33,35,36,37). The monoisotopic (exact) mass is 522 g/mol. The van der Waals surface area contributed by atoms with E-state index < -0.39 is 23.4 Å². The molecule has 0 radical (unpaired) electrons. The van der Waals surface area contributed by atoms with Gasteiger partial charge in [0.2, 0.25) is 11.8 Å². The number of nitrogens with zero attached hydrogens (tertiary/aromatic N) is 4. The average molecular weight is 523 g/mol. The zero-order valence-corrected chi connectivity index (χ0v) is 20.6. The van der Waals surface area contributed by atoms with Crippen LogP contribution in [0.15, 0.2) is 71.9 Å². The van der Waals surface area contributed by atoms with Crippen molar-refractivity contribution in [2.45, 2.75) is 24.4 Å². The zero-order valence-electron chi connectivity index (χ0n) is 20.6. The molecule has 0 aliphatic carbocycles. The van der Waals surface area contributed by atoms with Gasteiger partial charge in [0.1, 0.15) is 18.4 Å². The van der Waals surface area contributed by atoms with Gasteiger partial charge in [-0.3, -0.25) is 20.2 Å². The maximum absolute atomic E-state index is 12.7. The van der Waals surface area contributed by atoms with Crippen LogP contribution in [0.25, 0.3) is 0 Å². The minimum Gasteiger partial charge on any atom is -0.475 e. The Morgan fingerprint density at radius 1 is 1.00 bits per heavy atom. The molecule has 1 spiro atoms. The van der Waals surface area contributed by atoms with Crippen LogP contribution in [-0.4, -0.2) is 47.4 Å². The number of hydrogen-bond donors (Lipinski definition) is 2. The number of anilines is 1. The Bertz CT molecular complexity index is 1510. The predicted octanol–water partition coefficient (Wildman–Crippen LogP) is 2.97. The highest BCUT2D eigenvalue weighted by Gasteiger charge is 2.57. The van der Waals surface area contributed by atoms with Crippen molar-refractivity contribution < 1.29 is 23.9 Å². The number of ether oxygens (including phenoxy) is 2. The molecule has 4 amide bonds. The maximum Gasteiger partial charge on any atom is 0.328 e. The molecular weight excluding hydrogens is 500 g/mol. The molecule has 2 saturated heterocycles. The number of aromatic nitrogens is 1. The number of rotatable bonds is 5. The molecular formula is C28H22N6O5. The van der Waals surface area contributed by atoms with Crippen molar-refractivity contribution in [2.75, 3.05) is 18.1 Å². The van der Waals surface area contributed by atoms with E-state index in [9.17, 15) is 14.4 Å². The molecule has 1 unspecified atom stereocenters. The Morgan fingerprint density at radius 2 is 1.74 bits per heavy atom. The summed E-state index contributed by atoms with van der Waals surface area (Å²) in [5.41, 5.74) is 1.49. The maximum atomic E-state index is 12.7. The molecule has 2 fully saturated rings. The van der Waals surface area contributed by atoms with E-state index in [0.717, 1.165) is 11.1 Å². The lowest BCUT2D eigenvalue weighted by Crippen LogP contribution is -2.71. The summed E-state index contributed by atoms with van der Waals surface area (Å²) in [5.74, 6) is 0.170. The molecule has 6 rings (SSSR count). The molecule has 2 N–H and O–H groups in total. The number of benzene rings is 2. The first-order valence-corrected chi connectivity index (χ1v) is 12.4. The summed E-state index contributed by atoms with van der Waals surface area (Å²) in [6.07, 6.45) is 2.45. The number of carbonyl (C=O) groups excluding carboxylic acids is 3. The van der Waals surface area contributed by atoms with E-state index in [1.165, 1.54) is 6.20 Å². The Kier molecular flexibility index (Phi) is 5.92. The molecule has 2 aromatic carbocycles. The molecule has 3 aliphatic rings. The number of urea groups is 1. The van der Waals surface area contributed by atoms with E-state index in [1.807, 2.05) is 24.3 Å². The second kappa shape index (κ2) is 9.57. The summed E-state index contributed by atoms with van der Waals surface area (Å²) in [4.78, 5) is 47.6. The van der Waals surface area contributed by atoms with Crippen molar-refractivity contribution in [3.63, 3.8) is 0 Å². The Morgan fingerprint density at radius 3 is 2.41 bits per heavy atom. The SMILES string of the molecule is N#Cc1ccc(C2COC(c3ccc(Oc4ccc(N5CCCC56C(=O)NC(=O)NC6=O)cn4)cc3)=N2)cc1. The summed E-state index contributed by atoms with van der Waals surface area (Å²) in [7, 11) is 0. The van der Waals surface area contributed by atoms with Crippen molar-refractivity contribution in [3.05, 3.63) is 83.6 Å². The zero-order chi connectivity index (χ0) is 27.0. The van der Waals surface area contributed by atoms with Gasteiger partial charge in [-0.25, -0.2) is 14.8 Å². The lowest BCUT2D eigenvalue weighted by molar-refractivity contribution is -0.137. The van der Waals surface area contributed by atoms with Gasteiger partial charge in [0, 0.05) is 18.2 Å². The number of nitriles is 1. The van der Waals surface area contributed by atoms with Crippen molar-refractivity contribution in [1.82, 2.24) is 15.6 Å². The summed E-state index contributed by atoms with van der Waals surface area (Å²) in [6.45, 7) is 0.893. The van der Waals surface area contributed by atoms with E-state index in [0.29, 0.717) is 54.8 Å². The van der Waals surface area contributed by atoms with Crippen LogP contribution < -0.4 is 20.3 Å². The van der Waals surface area contributed by atoms with Crippen LogP contribution >= 0.6 is 0 Å². The molecule has 4 heterocycles. The summed E-state index contributed by atoms with van der Waals surface area (Å²) in [6, 6.07) is 19.1. The third kappa shape index (κ3) is 4.31. The second-order valence-electron chi connectivity index (χ2n) is 9.33. The molecule has 11 heteroatoms. The summed E-state index contributed by atoms with van der Waals surface area (Å²) in [5, 5.41) is 13.4. The Labute approximate surface area is 223 Å². The molecule has 1 atom stereocenters. The molecule has 3 aromatic rings. The first-order valence-electron chi connectivity index (χ1n) is 12.4. The number of nitrogens with one attached hydrogen (secondary N) is 2. The van der Waals surface area contributed by atoms with Gasteiger partial charge in [-0.15, -0.1) is 0 Å². The fourth-order valence-electron chi connectivity index (χ4n) is 5.05. The largest absolute Gasteiger partial charge is 0.475 e. The number of carbonyl (C=O) groups is 3. The quantitative estimate of drug-likeness (QED) is 0.487. The fourth-order valence-corrected chi connectivity index (χ4v) is 5.05. The third-order valence-electron chi connectivity index (χ3n) is 7.02. The van der Waals surface area contributed by atoms with Gasteiger partial charge < -0.3 is 14.4 Å². The number of barbiturate groups is 1. The highest BCUT2D eigenvalue weighted by atomic mass is 16.5. The summed E-state index contributed by atoms with van der Waals surface area (Å²) < 4.78 is 11.7. The van der Waals surface area contributed by atoms with Crippen molar-refractivity contribution in [2.24, 2.45) is 4.99 Å². The molecule has 0 saturated carbocycles. The topological polar surface area (TPSA) is 146 Å². The number of hydrogen-bond acceptors (Lipinski definition) is 9. The lowest BCUT2D eigenvalue weighted by atomic mass is 9.92. The highest BCUT2D eigenvalue weighted by molar-refractivity contribution is 6.24. The molecule has 3 aliphatic heterocycles. The van der Waals surface area contributed by atoms with Gasteiger partial charge in [0.15, 0.2) is 5.54 Å². The van der Waals surface area contributed by atoms with Gasteiger partial charge >= 0.3 is 6.03 Å². The minimum atomic E-state index is -1.47. The molecule has 39 heavy (non-hydrogen) atoms. The molecule has 194 valence electrons. The number of imide groups is 2. The van der Waals surface area contributed by atoms with E-state index in [-0.39, 0.29) is 6.04 Å². The van der Waals surface area contributed by atoms with Crippen LogP contribution in [0, 0.1) is 11.3 Å². The average Bonchev–Trinajstić information content (AvgIpc) is 3.62. The van der Waals surface area contributed by atoms with Crippen LogP contribution in [0.5, 0.6) is 11.6 Å². The number of aliphatic imine (C=N–C) groups is 1. The lowest BCUT2D eigenvalue weighted by Gasteiger charge is -2.38. The normalized spacial score (nSPS) is 19.7. The van der Waals surface area contributed by atoms with Gasteiger partial charge in [0.25, 0.3) is 11.8 Å². The Hall–Kier alpha value is -5.24. The van der Waals surface area contributed by atoms with E-state index >= 15 is 0 Å². The minimum absolute atomic E-state index is 0.132. The predicted molar refractivity (Wildman–Crippen MR) is 138 cm³/mol. The first kappa shape index (κ1) is 24.1. The van der Waals surface area contributed by atoms with Crippen molar-refractivity contribution in [3.8, 4) is 17.7 Å². The van der Waals surface area contributed by atoms with Crippen LogP contribution in [0.2, 0.25) is 0 Å². The number of amides is 4. The van der Waals surface area contributed by atoms with E-state index in [1.54, 1.807) is 41.3 Å². The van der Waals surface area contributed by atoms with Crippen molar-refractivity contribution >= 4 is 29.4 Å². The second-order valence-corrected chi connectivity index (χ2v) is 9.33. The molecule has 11 nitrogen and oxygen atoms in total. The van der Waals surface area contributed by atoms with Crippen LogP contribution in [0.1, 0.15) is 35.6 Å². The van der Waals surface area contributed by atoms with Crippen LogP contribution in [-0.2, 0) is 14.3 Å². The van der Waals surface area contributed by atoms with E-state index in [2.05, 4.69) is 26.7 Å².